The minimum absolute atomic E-state index is 0.166. The van der Waals surface area contributed by atoms with Crippen LogP contribution in [0, 0.1) is 17.1 Å². The van der Waals surface area contributed by atoms with Crippen LogP contribution in [0.1, 0.15) is 9.88 Å². The number of ether oxygens (including phenoxy) is 1. The fourth-order valence-electron chi connectivity index (χ4n) is 1.68. The molecule has 2 aromatic rings. The van der Waals surface area contributed by atoms with Crippen molar-refractivity contribution in [2.75, 3.05) is 13.7 Å². The van der Waals surface area contributed by atoms with E-state index in [2.05, 4.69) is 11.1 Å². The molecule has 19 heavy (non-hydrogen) atoms. The Labute approximate surface area is 114 Å². The fourth-order valence-corrected chi connectivity index (χ4v) is 2.58. The molecule has 0 atom stereocenters. The van der Waals surface area contributed by atoms with E-state index in [9.17, 15) is 4.39 Å². The average molecular weight is 277 g/mol. The zero-order valence-electron chi connectivity index (χ0n) is 10.3. The van der Waals surface area contributed by atoms with Gasteiger partial charge in [-0.15, -0.1) is 11.3 Å². The van der Waals surface area contributed by atoms with E-state index in [4.69, 9.17) is 15.7 Å². The summed E-state index contributed by atoms with van der Waals surface area (Å²) in [5, 5.41) is 9.88. The van der Waals surface area contributed by atoms with E-state index in [0.717, 1.165) is 5.01 Å². The summed E-state index contributed by atoms with van der Waals surface area (Å²) in [5.41, 5.74) is 6.53. The van der Waals surface area contributed by atoms with Crippen molar-refractivity contribution < 1.29 is 9.13 Å². The van der Waals surface area contributed by atoms with E-state index in [1.54, 1.807) is 6.07 Å². The molecular weight excluding hydrogens is 265 g/mol. The Kier molecular flexibility index (Phi) is 4.10. The summed E-state index contributed by atoms with van der Waals surface area (Å²) >= 11 is 1.29. The summed E-state index contributed by atoms with van der Waals surface area (Å²) < 4.78 is 18.5. The van der Waals surface area contributed by atoms with Crippen LogP contribution in [0.4, 0.5) is 4.39 Å². The number of rotatable bonds is 4. The van der Waals surface area contributed by atoms with Crippen LogP contribution >= 0.6 is 11.3 Å². The second kappa shape index (κ2) is 5.78. The van der Waals surface area contributed by atoms with Gasteiger partial charge in [-0.2, -0.15) is 5.26 Å². The molecule has 2 N–H and O–H groups in total. The Morgan fingerprint density at radius 3 is 2.89 bits per heavy atom. The molecule has 98 valence electrons. The largest absolute Gasteiger partial charge is 0.494 e. The molecule has 4 nitrogen and oxygen atoms in total. The molecule has 0 unspecified atom stereocenters. The van der Waals surface area contributed by atoms with Gasteiger partial charge in [0.2, 0.25) is 0 Å². The SMILES string of the molecule is COc1ccc(-c2nc(CCN)sc2C#N)cc1F. The lowest BCUT2D eigenvalue weighted by Gasteiger charge is -2.03. The van der Waals surface area contributed by atoms with Crippen molar-refractivity contribution in [3.05, 3.63) is 33.9 Å². The second-order valence-electron chi connectivity index (χ2n) is 3.79. The molecule has 1 aromatic carbocycles. The summed E-state index contributed by atoms with van der Waals surface area (Å²) in [6.07, 6.45) is 0.609. The van der Waals surface area contributed by atoms with Crippen molar-refractivity contribution in [3.8, 4) is 23.1 Å². The summed E-state index contributed by atoms with van der Waals surface area (Å²) in [6.45, 7) is 0.467. The molecule has 0 aliphatic rings. The Morgan fingerprint density at radius 1 is 1.53 bits per heavy atom. The topological polar surface area (TPSA) is 71.9 Å². The van der Waals surface area contributed by atoms with Crippen LogP contribution in [-0.4, -0.2) is 18.6 Å². The zero-order valence-corrected chi connectivity index (χ0v) is 11.1. The number of benzene rings is 1. The van der Waals surface area contributed by atoms with Crippen molar-refractivity contribution in [1.82, 2.24) is 4.98 Å². The highest BCUT2D eigenvalue weighted by atomic mass is 32.1. The number of thiazole rings is 1. The summed E-state index contributed by atoms with van der Waals surface area (Å²) in [4.78, 5) is 4.81. The number of hydrogen-bond acceptors (Lipinski definition) is 5. The molecule has 0 aliphatic carbocycles. The zero-order chi connectivity index (χ0) is 13.8. The highest BCUT2D eigenvalue weighted by Gasteiger charge is 2.14. The summed E-state index contributed by atoms with van der Waals surface area (Å²) in [7, 11) is 1.40. The molecule has 0 aliphatic heterocycles. The maximum atomic E-state index is 13.7. The maximum absolute atomic E-state index is 13.7. The molecule has 0 radical (unpaired) electrons. The van der Waals surface area contributed by atoms with E-state index >= 15 is 0 Å². The minimum atomic E-state index is -0.475. The Hall–Kier alpha value is -1.97. The number of nitrogens with zero attached hydrogens (tertiary/aromatic N) is 2. The lowest BCUT2D eigenvalue weighted by Crippen LogP contribution is -2.01. The third kappa shape index (κ3) is 2.72. The van der Waals surface area contributed by atoms with E-state index in [1.165, 1.54) is 30.6 Å². The standard InChI is InChI=1S/C13H12FN3OS/c1-18-10-3-2-8(6-9(10)14)13-11(7-16)19-12(17-13)4-5-15/h2-3,6H,4-5,15H2,1H3. The Bertz CT molecular complexity index is 633. The van der Waals surface area contributed by atoms with Crippen molar-refractivity contribution in [3.63, 3.8) is 0 Å². The number of methoxy groups -OCH3 is 1. The van der Waals surface area contributed by atoms with Crippen LogP contribution in [0.5, 0.6) is 5.75 Å². The van der Waals surface area contributed by atoms with Gasteiger partial charge < -0.3 is 10.5 Å². The maximum Gasteiger partial charge on any atom is 0.165 e. The van der Waals surface area contributed by atoms with Gasteiger partial charge in [0.1, 0.15) is 10.9 Å². The number of aromatic nitrogens is 1. The summed E-state index contributed by atoms with van der Waals surface area (Å²) in [6, 6.07) is 6.61. The fraction of sp³-hybridized carbons (Fsp3) is 0.231. The third-order valence-corrected chi connectivity index (χ3v) is 3.58. The van der Waals surface area contributed by atoms with Gasteiger partial charge in [0, 0.05) is 12.0 Å². The van der Waals surface area contributed by atoms with Gasteiger partial charge in [-0.05, 0) is 24.7 Å². The van der Waals surface area contributed by atoms with Gasteiger partial charge in [0.05, 0.1) is 17.8 Å². The lowest BCUT2D eigenvalue weighted by molar-refractivity contribution is 0.386. The molecule has 0 bridgehead atoms. The normalized spacial score (nSPS) is 10.2. The molecule has 0 fully saturated rings. The van der Waals surface area contributed by atoms with E-state index in [-0.39, 0.29) is 5.75 Å². The van der Waals surface area contributed by atoms with Gasteiger partial charge in [0.15, 0.2) is 11.6 Å². The lowest BCUT2D eigenvalue weighted by atomic mass is 10.1. The average Bonchev–Trinajstić information content (AvgIpc) is 2.82. The van der Waals surface area contributed by atoms with E-state index < -0.39 is 5.82 Å². The number of hydrogen-bond donors (Lipinski definition) is 1. The molecule has 1 aromatic heterocycles. The first-order valence-electron chi connectivity index (χ1n) is 5.63. The van der Waals surface area contributed by atoms with Crippen LogP contribution < -0.4 is 10.5 Å². The van der Waals surface area contributed by atoms with Gasteiger partial charge in [-0.1, -0.05) is 0 Å². The predicted molar refractivity (Wildman–Crippen MR) is 71.5 cm³/mol. The number of halogens is 1. The van der Waals surface area contributed by atoms with Crippen molar-refractivity contribution >= 4 is 11.3 Å². The quantitative estimate of drug-likeness (QED) is 0.931. The van der Waals surface area contributed by atoms with Crippen LogP contribution in [0.3, 0.4) is 0 Å². The van der Waals surface area contributed by atoms with Crippen molar-refractivity contribution in [2.24, 2.45) is 5.73 Å². The van der Waals surface area contributed by atoms with Gasteiger partial charge in [0.25, 0.3) is 0 Å². The first kappa shape index (κ1) is 13.5. The van der Waals surface area contributed by atoms with Gasteiger partial charge in [-0.25, -0.2) is 9.37 Å². The highest BCUT2D eigenvalue weighted by molar-refractivity contribution is 7.12. The molecule has 0 saturated heterocycles. The van der Waals surface area contributed by atoms with Gasteiger partial charge in [-0.3, -0.25) is 0 Å². The molecule has 2 rings (SSSR count). The highest BCUT2D eigenvalue weighted by Crippen LogP contribution is 2.30. The molecule has 6 heteroatoms. The van der Waals surface area contributed by atoms with Crippen molar-refractivity contribution in [2.45, 2.75) is 6.42 Å². The molecular formula is C13H12FN3OS. The Balaban J connectivity index is 2.46. The smallest absolute Gasteiger partial charge is 0.165 e. The van der Waals surface area contributed by atoms with Crippen molar-refractivity contribution in [1.29, 1.82) is 5.26 Å². The van der Waals surface area contributed by atoms with E-state index in [1.807, 2.05) is 0 Å². The molecule has 0 amide bonds. The minimum Gasteiger partial charge on any atom is -0.494 e. The third-order valence-electron chi connectivity index (χ3n) is 2.56. The number of nitrogens with two attached hydrogens (primary N) is 1. The number of nitriles is 1. The second-order valence-corrected chi connectivity index (χ2v) is 4.87. The van der Waals surface area contributed by atoms with Crippen LogP contribution in [0.25, 0.3) is 11.3 Å². The predicted octanol–water partition coefficient (Wildman–Crippen LogP) is 2.33. The first-order chi connectivity index (χ1) is 9.19. The molecule has 0 saturated carbocycles. The van der Waals surface area contributed by atoms with Crippen LogP contribution in [0.15, 0.2) is 18.2 Å². The Morgan fingerprint density at radius 2 is 2.32 bits per heavy atom. The molecule has 0 spiro atoms. The van der Waals surface area contributed by atoms with Crippen LogP contribution in [0.2, 0.25) is 0 Å². The van der Waals surface area contributed by atoms with Crippen LogP contribution in [-0.2, 0) is 6.42 Å². The van der Waals surface area contributed by atoms with Gasteiger partial charge >= 0.3 is 0 Å². The first-order valence-corrected chi connectivity index (χ1v) is 6.45. The summed E-state index contributed by atoms with van der Waals surface area (Å²) in [5.74, 6) is -0.308. The molecule has 1 heterocycles. The monoisotopic (exact) mass is 277 g/mol. The van der Waals surface area contributed by atoms with E-state index in [0.29, 0.717) is 29.1 Å².